The second kappa shape index (κ2) is 6.54. The zero-order chi connectivity index (χ0) is 10.5. The average molecular weight is 205 g/mol. The molecule has 0 spiro atoms. The van der Waals surface area contributed by atoms with Gasteiger partial charge in [-0.25, -0.2) is 4.79 Å². The maximum atomic E-state index is 10.9. The smallest absolute Gasteiger partial charge is 0.333 e. The van der Waals surface area contributed by atoms with Crippen LogP contribution >= 0.6 is 0 Å². The maximum absolute atomic E-state index is 10.9. The predicted octanol–water partition coefficient (Wildman–Crippen LogP) is 1.65. The Morgan fingerprint density at radius 2 is 1.93 bits per heavy atom. The van der Waals surface area contributed by atoms with Crippen LogP contribution in [0.15, 0.2) is 12.2 Å². The van der Waals surface area contributed by atoms with Gasteiger partial charge in [0.15, 0.2) is 0 Å². The van der Waals surface area contributed by atoms with Crippen LogP contribution in [0.25, 0.3) is 0 Å². The number of halogens is 1. The van der Waals surface area contributed by atoms with Gasteiger partial charge in [-0.15, -0.1) is 0 Å². The summed E-state index contributed by atoms with van der Waals surface area (Å²) in [4.78, 5) is 10.9. The number of nitrogens with one attached hydrogen (secondary N) is 1. The first-order chi connectivity index (χ1) is 5.83. The lowest BCUT2D eigenvalue weighted by Gasteiger charge is -2.20. The van der Waals surface area contributed by atoms with Crippen molar-refractivity contribution >= 4 is 5.97 Å². The second-order valence-electron chi connectivity index (χ2n) is 4.09. The van der Waals surface area contributed by atoms with Gasteiger partial charge in [-0.05, 0) is 27.7 Å². The molecule has 4 heteroatoms. The predicted molar refractivity (Wildman–Crippen MR) is 56.0 cm³/mol. The van der Waals surface area contributed by atoms with E-state index in [0.29, 0.717) is 18.7 Å². The number of carbonyl (C=O) groups excluding carboxylic acids is 1. The monoisotopic (exact) mass is 205 g/mol. The van der Waals surface area contributed by atoms with Gasteiger partial charge in [0.1, 0.15) is 6.61 Å². The first kappa shape index (κ1) is 15.6. The lowest BCUT2D eigenvalue weighted by Crippen LogP contribution is -2.38. The molecule has 0 aliphatic carbocycles. The summed E-state index contributed by atoms with van der Waals surface area (Å²) < 4.78 is 4.90. The van der Waals surface area contributed by atoms with Gasteiger partial charge in [0.05, 0.1) is 0 Å². The summed E-state index contributed by atoms with van der Waals surface area (Å²) in [6, 6.07) is 0. The molecule has 0 unspecified atom stereocenters. The third-order valence-corrected chi connectivity index (χ3v) is 1.34. The highest BCUT2D eigenvalue weighted by Gasteiger charge is 2.08. The summed E-state index contributed by atoms with van der Waals surface area (Å²) in [5, 5.41) is 3.21. The highest BCUT2D eigenvalue weighted by atomic mass is 19.0. The minimum absolute atomic E-state index is 0. The number of ether oxygens (including phenoxy) is 1. The van der Waals surface area contributed by atoms with E-state index in [1.54, 1.807) is 6.92 Å². The number of carbonyl (C=O) groups is 1. The summed E-state index contributed by atoms with van der Waals surface area (Å²) in [6.07, 6.45) is 0. The normalized spacial score (nSPS) is 10.3. The zero-order valence-corrected chi connectivity index (χ0v) is 9.35. The molecule has 0 amide bonds. The molecule has 0 radical (unpaired) electrons. The Kier molecular flexibility index (Phi) is 7.27. The third-order valence-electron chi connectivity index (χ3n) is 1.34. The van der Waals surface area contributed by atoms with Crippen molar-refractivity contribution in [3.05, 3.63) is 12.2 Å². The van der Waals surface area contributed by atoms with Crippen molar-refractivity contribution in [1.82, 2.24) is 5.32 Å². The van der Waals surface area contributed by atoms with E-state index in [9.17, 15) is 4.79 Å². The van der Waals surface area contributed by atoms with Crippen LogP contribution in [0.1, 0.15) is 27.7 Å². The molecule has 0 aromatic rings. The molecule has 0 aliphatic heterocycles. The van der Waals surface area contributed by atoms with E-state index in [2.05, 4.69) is 32.7 Å². The Hall–Kier alpha value is -0.900. The molecule has 0 saturated heterocycles. The van der Waals surface area contributed by atoms with Crippen molar-refractivity contribution < 1.29 is 14.2 Å². The summed E-state index contributed by atoms with van der Waals surface area (Å²) in [6.45, 7) is 12.4. The summed E-state index contributed by atoms with van der Waals surface area (Å²) in [5.41, 5.74) is 0.506. The number of rotatable bonds is 4. The van der Waals surface area contributed by atoms with Crippen molar-refractivity contribution in [2.45, 2.75) is 33.2 Å². The first-order valence-electron chi connectivity index (χ1n) is 4.40. The SMILES string of the molecule is C=C(C)C(=O)OCCNC(C)(C)C.F. The molecule has 0 aliphatic rings. The molecule has 0 bridgehead atoms. The average Bonchev–Trinajstić information content (AvgIpc) is 1.95. The number of hydrogen-bond donors (Lipinski definition) is 1. The fraction of sp³-hybridized carbons (Fsp3) is 0.700. The maximum Gasteiger partial charge on any atom is 0.333 e. The van der Waals surface area contributed by atoms with Crippen LogP contribution in [-0.2, 0) is 9.53 Å². The van der Waals surface area contributed by atoms with E-state index in [4.69, 9.17) is 4.74 Å². The molecule has 0 rings (SSSR count). The summed E-state index contributed by atoms with van der Waals surface area (Å²) in [7, 11) is 0. The molecule has 0 fully saturated rings. The quantitative estimate of drug-likeness (QED) is 0.431. The Balaban J connectivity index is 0. The number of hydrogen-bond acceptors (Lipinski definition) is 3. The van der Waals surface area contributed by atoms with Crippen LogP contribution in [-0.4, -0.2) is 24.7 Å². The lowest BCUT2D eigenvalue weighted by molar-refractivity contribution is -0.138. The molecule has 0 heterocycles. The molecule has 3 nitrogen and oxygen atoms in total. The van der Waals surface area contributed by atoms with Crippen molar-refractivity contribution in [3.63, 3.8) is 0 Å². The van der Waals surface area contributed by atoms with Gasteiger partial charge in [0, 0.05) is 17.7 Å². The molecule has 0 aromatic carbocycles. The Morgan fingerprint density at radius 3 is 2.29 bits per heavy atom. The van der Waals surface area contributed by atoms with Crippen LogP contribution in [0.2, 0.25) is 0 Å². The fourth-order valence-electron chi connectivity index (χ4n) is 0.693. The Morgan fingerprint density at radius 1 is 1.43 bits per heavy atom. The first-order valence-corrected chi connectivity index (χ1v) is 4.40. The largest absolute Gasteiger partial charge is 0.461 e. The molecule has 0 aromatic heterocycles. The van der Waals surface area contributed by atoms with E-state index in [1.807, 2.05) is 0 Å². The van der Waals surface area contributed by atoms with E-state index >= 15 is 0 Å². The molecule has 0 atom stereocenters. The lowest BCUT2D eigenvalue weighted by atomic mass is 10.1. The fourth-order valence-corrected chi connectivity index (χ4v) is 0.693. The van der Waals surface area contributed by atoms with Gasteiger partial charge in [-0.1, -0.05) is 6.58 Å². The highest BCUT2D eigenvalue weighted by Crippen LogP contribution is 1.97. The van der Waals surface area contributed by atoms with Gasteiger partial charge < -0.3 is 10.1 Å². The summed E-state index contributed by atoms with van der Waals surface area (Å²) in [5.74, 6) is -0.323. The molecule has 14 heavy (non-hydrogen) atoms. The minimum atomic E-state index is -0.323. The standard InChI is InChI=1S/C10H19NO2.FH/c1-8(2)9(12)13-7-6-11-10(3,4)5;/h11H,1,6-7H2,2-5H3;1H. The van der Waals surface area contributed by atoms with Gasteiger partial charge in [0.2, 0.25) is 0 Å². The van der Waals surface area contributed by atoms with Crippen LogP contribution in [0.5, 0.6) is 0 Å². The van der Waals surface area contributed by atoms with Crippen LogP contribution in [0.3, 0.4) is 0 Å². The van der Waals surface area contributed by atoms with Crippen LogP contribution in [0, 0.1) is 0 Å². The molecule has 1 N–H and O–H groups in total. The van der Waals surface area contributed by atoms with Gasteiger partial charge in [-0.2, -0.15) is 0 Å². The number of esters is 1. The topological polar surface area (TPSA) is 38.3 Å². The van der Waals surface area contributed by atoms with Crippen molar-refractivity contribution in [2.75, 3.05) is 13.2 Å². The Labute approximate surface area is 84.9 Å². The molecule has 84 valence electrons. The van der Waals surface area contributed by atoms with Gasteiger partial charge in [0.25, 0.3) is 0 Å². The third kappa shape index (κ3) is 9.19. The molecule has 0 saturated carbocycles. The van der Waals surface area contributed by atoms with E-state index in [0.717, 1.165) is 0 Å². The van der Waals surface area contributed by atoms with Crippen LogP contribution < -0.4 is 5.32 Å². The highest BCUT2D eigenvalue weighted by molar-refractivity contribution is 5.86. The van der Waals surface area contributed by atoms with Crippen molar-refractivity contribution in [1.29, 1.82) is 0 Å². The van der Waals surface area contributed by atoms with Crippen molar-refractivity contribution in [3.8, 4) is 0 Å². The zero-order valence-electron chi connectivity index (χ0n) is 9.35. The van der Waals surface area contributed by atoms with Gasteiger partial charge >= 0.3 is 5.97 Å². The molecular weight excluding hydrogens is 185 g/mol. The van der Waals surface area contributed by atoms with E-state index in [-0.39, 0.29) is 16.2 Å². The summed E-state index contributed by atoms with van der Waals surface area (Å²) >= 11 is 0. The Bertz CT molecular complexity index is 197. The van der Waals surface area contributed by atoms with Crippen molar-refractivity contribution in [2.24, 2.45) is 0 Å². The minimum Gasteiger partial charge on any atom is -0.461 e. The van der Waals surface area contributed by atoms with E-state index < -0.39 is 0 Å². The second-order valence-corrected chi connectivity index (χ2v) is 4.09. The van der Waals surface area contributed by atoms with Crippen LogP contribution in [0.4, 0.5) is 4.70 Å². The van der Waals surface area contributed by atoms with Gasteiger partial charge in [-0.3, -0.25) is 4.70 Å². The van der Waals surface area contributed by atoms with E-state index in [1.165, 1.54) is 0 Å². The molecular formula is C10H20FNO2.